The van der Waals surface area contributed by atoms with Crippen molar-refractivity contribution in [3.63, 3.8) is 0 Å². The molecular weight excluding hydrogens is 218 g/mol. The van der Waals surface area contributed by atoms with E-state index in [-0.39, 0.29) is 6.61 Å². The van der Waals surface area contributed by atoms with E-state index in [0.717, 1.165) is 11.1 Å². The fraction of sp³-hybridized carbons (Fsp3) is 0.615. The Balaban J connectivity index is 4.08. The van der Waals surface area contributed by atoms with E-state index in [0.29, 0.717) is 6.54 Å². The van der Waals surface area contributed by atoms with E-state index in [4.69, 9.17) is 9.84 Å². The summed E-state index contributed by atoms with van der Waals surface area (Å²) in [5.74, 6) is 0. The molecule has 0 heterocycles. The van der Waals surface area contributed by atoms with Crippen molar-refractivity contribution >= 4 is 6.09 Å². The molecule has 0 aliphatic rings. The van der Waals surface area contributed by atoms with E-state index in [1.807, 2.05) is 46.8 Å². The van der Waals surface area contributed by atoms with Crippen molar-refractivity contribution in [3.8, 4) is 0 Å². The molecule has 0 unspecified atom stereocenters. The van der Waals surface area contributed by atoms with Crippen molar-refractivity contribution in [2.45, 2.75) is 40.2 Å². The minimum absolute atomic E-state index is 0.0449. The van der Waals surface area contributed by atoms with Crippen molar-refractivity contribution in [2.24, 2.45) is 0 Å². The van der Waals surface area contributed by atoms with Crippen LogP contribution in [-0.2, 0) is 4.74 Å². The standard InChI is InChI=1S/C13H23NO3/c1-10(6-7-11(2)9-15)8-14-12(16)17-13(3,4)5/h6-7,15H,8-9H2,1-5H3,(H,14,16)/b10-6+,11-7-. The van der Waals surface area contributed by atoms with Gasteiger partial charge in [-0.3, -0.25) is 0 Å². The Morgan fingerprint density at radius 3 is 2.24 bits per heavy atom. The number of aliphatic hydroxyl groups excluding tert-OH is 1. The van der Waals surface area contributed by atoms with E-state index in [1.165, 1.54) is 0 Å². The van der Waals surface area contributed by atoms with Crippen LogP contribution in [-0.4, -0.2) is 30.0 Å². The smallest absolute Gasteiger partial charge is 0.407 e. The molecule has 0 atom stereocenters. The van der Waals surface area contributed by atoms with Gasteiger partial charge >= 0.3 is 6.09 Å². The van der Waals surface area contributed by atoms with E-state index in [2.05, 4.69) is 5.32 Å². The number of amides is 1. The Bertz CT molecular complexity index is 311. The minimum atomic E-state index is -0.477. The summed E-state index contributed by atoms with van der Waals surface area (Å²) in [5, 5.41) is 11.5. The van der Waals surface area contributed by atoms with Gasteiger partial charge in [-0.25, -0.2) is 4.79 Å². The van der Waals surface area contributed by atoms with Crippen LogP contribution in [0.1, 0.15) is 34.6 Å². The molecule has 0 aliphatic carbocycles. The summed E-state index contributed by atoms with van der Waals surface area (Å²) in [7, 11) is 0. The Labute approximate surface area is 103 Å². The van der Waals surface area contributed by atoms with E-state index < -0.39 is 11.7 Å². The van der Waals surface area contributed by atoms with Crippen LogP contribution < -0.4 is 5.32 Å². The van der Waals surface area contributed by atoms with E-state index in [9.17, 15) is 4.79 Å². The van der Waals surface area contributed by atoms with Crippen molar-refractivity contribution in [1.29, 1.82) is 0 Å². The van der Waals surface area contributed by atoms with Crippen molar-refractivity contribution < 1.29 is 14.6 Å². The lowest BCUT2D eigenvalue weighted by Gasteiger charge is -2.19. The third-order valence-electron chi connectivity index (χ3n) is 1.81. The molecule has 0 aromatic rings. The number of rotatable bonds is 4. The zero-order valence-electron chi connectivity index (χ0n) is 11.3. The number of allylic oxidation sites excluding steroid dienone is 2. The number of carbonyl (C=O) groups excluding carboxylic acids is 1. The molecule has 0 radical (unpaired) electrons. The van der Waals surface area contributed by atoms with Gasteiger partial charge in [-0.15, -0.1) is 0 Å². The van der Waals surface area contributed by atoms with Crippen molar-refractivity contribution in [3.05, 3.63) is 23.3 Å². The van der Waals surface area contributed by atoms with Crippen molar-refractivity contribution in [1.82, 2.24) is 5.32 Å². The molecule has 4 nitrogen and oxygen atoms in total. The molecule has 0 rings (SSSR count). The highest BCUT2D eigenvalue weighted by Gasteiger charge is 2.15. The average Bonchev–Trinajstić information content (AvgIpc) is 2.20. The highest BCUT2D eigenvalue weighted by molar-refractivity contribution is 5.68. The Morgan fingerprint density at radius 1 is 1.24 bits per heavy atom. The number of nitrogens with one attached hydrogen (secondary N) is 1. The quantitative estimate of drug-likeness (QED) is 0.743. The fourth-order valence-corrected chi connectivity index (χ4v) is 0.922. The molecule has 0 saturated carbocycles. The zero-order chi connectivity index (χ0) is 13.5. The SMILES string of the molecule is C/C(=C/C=C(\C)CNC(=O)OC(C)(C)C)CO. The predicted molar refractivity (Wildman–Crippen MR) is 68.8 cm³/mol. The molecule has 0 aliphatic heterocycles. The average molecular weight is 241 g/mol. The first-order chi connectivity index (χ1) is 7.74. The number of carbonyl (C=O) groups is 1. The second-order valence-electron chi connectivity index (χ2n) is 5.04. The Kier molecular flexibility index (Phi) is 6.58. The lowest BCUT2D eigenvalue weighted by Crippen LogP contribution is -2.33. The summed E-state index contributed by atoms with van der Waals surface area (Å²) in [6, 6.07) is 0. The number of hydrogen-bond donors (Lipinski definition) is 2. The zero-order valence-corrected chi connectivity index (χ0v) is 11.3. The van der Waals surface area contributed by atoms with Gasteiger partial charge in [-0.2, -0.15) is 0 Å². The fourth-order valence-electron chi connectivity index (χ4n) is 0.922. The van der Waals surface area contributed by atoms with Crippen LogP contribution in [0, 0.1) is 0 Å². The second kappa shape index (κ2) is 7.12. The molecule has 0 aromatic carbocycles. The van der Waals surface area contributed by atoms with Crippen LogP contribution in [0.25, 0.3) is 0 Å². The summed E-state index contributed by atoms with van der Waals surface area (Å²) in [5.41, 5.74) is 1.39. The largest absolute Gasteiger partial charge is 0.444 e. The maximum Gasteiger partial charge on any atom is 0.407 e. The Hall–Kier alpha value is -1.29. The first kappa shape index (κ1) is 15.7. The van der Waals surface area contributed by atoms with Gasteiger partial charge in [0.15, 0.2) is 0 Å². The van der Waals surface area contributed by atoms with E-state index >= 15 is 0 Å². The van der Waals surface area contributed by atoms with E-state index in [1.54, 1.807) is 0 Å². The van der Waals surface area contributed by atoms with Gasteiger partial charge < -0.3 is 15.2 Å². The minimum Gasteiger partial charge on any atom is -0.444 e. The van der Waals surface area contributed by atoms with Crippen molar-refractivity contribution in [2.75, 3.05) is 13.2 Å². The van der Waals surface area contributed by atoms with Gasteiger partial charge in [0, 0.05) is 6.54 Å². The van der Waals surface area contributed by atoms with Gasteiger partial charge in [0.25, 0.3) is 0 Å². The molecule has 0 fully saturated rings. The summed E-state index contributed by atoms with van der Waals surface area (Å²) < 4.78 is 5.10. The number of ether oxygens (including phenoxy) is 1. The van der Waals surface area contributed by atoms with Crippen LogP contribution in [0.15, 0.2) is 23.3 Å². The van der Waals surface area contributed by atoms with Gasteiger partial charge in [0.2, 0.25) is 0 Å². The molecule has 4 heteroatoms. The number of aliphatic hydroxyl groups is 1. The highest BCUT2D eigenvalue weighted by atomic mass is 16.6. The molecule has 17 heavy (non-hydrogen) atoms. The normalized spacial score (nSPS) is 13.5. The molecule has 0 aromatic heterocycles. The lowest BCUT2D eigenvalue weighted by molar-refractivity contribution is 0.0532. The monoisotopic (exact) mass is 241 g/mol. The summed E-state index contributed by atoms with van der Waals surface area (Å²) >= 11 is 0. The maximum atomic E-state index is 11.3. The van der Waals surface area contributed by atoms with Gasteiger partial charge in [-0.05, 0) is 40.2 Å². The van der Waals surface area contributed by atoms with Crippen LogP contribution in [0.4, 0.5) is 4.79 Å². The molecular formula is C13H23NO3. The number of alkyl carbamates (subject to hydrolysis) is 1. The van der Waals surface area contributed by atoms with Gasteiger partial charge in [0.1, 0.15) is 5.60 Å². The van der Waals surface area contributed by atoms with Crippen LogP contribution >= 0.6 is 0 Å². The molecule has 1 amide bonds. The summed E-state index contributed by atoms with van der Waals surface area (Å²) in [4.78, 5) is 11.3. The number of hydrogen-bond acceptors (Lipinski definition) is 3. The second-order valence-corrected chi connectivity index (χ2v) is 5.04. The summed E-state index contributed by atoms with van der Waals surface area (Å²) in [6.07, 6.45) is 3.27. The maximum absolute atomic E-state index is 11.3. The van der Waals surface area contributed by atoms with Crippen LogP contribution in [0.3, 0.4) is 0 Å². The van der Waals surface area contributed by atoms with Crippen LogP contribution in [0.2, 0.25) is 0 Å². The molecule has 0 spiro atoms. The predicted octanol–water partition coefficient (Wildman–Crippen LogP) is 2.40. The molecule has 0 bridgehead atoms. The van der Waals surface area contributed by atoms with Gasteiger partial charge in [-0.1, -0.05) is 17.7 Å². The van der Waals surface area contributed by atoms with Crippen LogP contribution in [0.5, 0.6) is 0 Å². The molecule has 2 N–H and O–H groups in total. The van der Waals surface area contributed by atoms with Gasteiger partial charge in [0.05, 0.1) is 6.61 Å². The topological polar surface area (TPSA) is 58.6 Å². The third kappa shape index (κ3) is 9.63. The molecule has 0 saturated heterocycles. The first-order valence-electron chi connectivity index (χ1n) is 5.65. The first-order valence-corrected chi connectivity index (χ1v) is 5.65. The lowest BCUT2D eigenvalue weighted by atomic mass is 10.2. The third-order valence-corrected chi connectivity index (χ3v) is 1.81. The summed E-state index contributed by atoms with van der Waals surface area (Å²) in [6.45, 7) is 9.69. The highest BCUT2D eigenvalue weighted by Crippen LogP contribution is 2.06. The molecule has 98 valence electrons. The Morgan fingerprint density at radius 2 is 1.76 bits per heavy atom.